The van der Waals surface area contributed by atoms with Crippen LogP contribution in [0.4, 0.5) is 5.69 Å². The Labute approximate surface area is 170 Å². The summed E-state index contributed by atoms with van der Waals surface area (Å²) in [5, 5.41) is 2.75. The maximum absolute atomic E-state index is 12.7. The maximum Gasteiger partial charge on any atom is 0.240 e. The first kappa shape index (κ1) is 20.8. The van der Waals surface area contributed by atoms with Gasteiger partial charge in [0.15, 0.2) is 0 Å². The van der Waals surface area contributed by atoms with Crippen molar-refractivity contribution in [2.45, 2.75) is 31.2 Å². The van der Waals surface area contributed by atoms with E-state index in [-0.39, 0.29) is 23.1 Å². The van der Waals surface area contributed by atoms with Crippen LogP contribution in [0, 0.1) is 6.92 Å². The normalized spacial score (nSPS) is 15.7. The highest BCUT2D eigenvalue weighted by Crippen LogP contribution is 2.33. The lowest BCUT2D eigenvalue weighted by Gasteiger charge is -2.32. The third-order valence-corrected chi connectivity index (χ3v) is 6.43. The summed E-state index contributed by atoms with van der Waals surface area (Å²) in [7, 11) is -2.30. The maximum atomic E-state index is 12.7. The first-order valence-corrected chi connectivity index (χ1v) is 10.6. The summed E-state index contributed by atoms with van der Waals surface area (Å²) in [5.41, 5.74) is 2.80. The Kier molecular flexibility index (Phi) is 5.86. The van der Waals surface area contributed by atoms with E-state index in [2.05, 4.69) is 10.0 Å². The molecule has 1 heterocycles. The number of hydrogen-bond donors (Lipinski definition) is 2. The van der Waals surface area contributed by atoms with Crippen LogP contribution >= 0.6 is 0 Å². The van der Waals surface area contributed by atoms with Gasteiger partial charge in [0.1, 0.15) is 0 Å². The van der Waals surface area contributed by atoms with Crippen molar-refractivity contribution in [3.63, 3.8) is 0 Å². The number of carbonyl (C=O) groups is 2. The van der Waals surface area contributed by atoms with Crippen LogP contribution in [0.15, 0.2) is 53.6 Å². The Morgan fingerprint density at radius 3 is 2.55 bits per heavy atom. The molecular formula is C21H23N3O4S. The van der Waals surface area contributed by atoms with Gasteiger partial charge in [0, 0.05) is 18.8 Å². The summed E-state index contributed by atoms with van der Waals surface area (Å²) >= 11 is 0. The minimum absolute atomic E-state index is 0.0446. The average molecular weight is 413 g/mol. The molecule has 0 radical (unpaired) electrons. The molecule has 0 saturated heterocycles. The molecule has 2 N–H and O–H groups in total. The Hall–Kier alpha value is -2.97. The van der Waals surface area contributed by atoms with Crippen molar-refractivity contribution >= 4 is 33.6 Å². The fourth-order valence-electron chi connectivity index (χ4n) is 3.38. The Bertz CT molecular complexity index is 1090. The number of fused-ring (bicyclic) bond motifs is 1. The summed E-state index contributed by atoms with van der Waals surface area (Å²) in [6, 6.07) is 11.9. The Balaban J connectivity index is 1.84. The van der Waals surface area contributed by atoms with E-state index in [1.807, 2.05) is 30.3 Å². The molecule has 0 aliphatic carbocycles. The molecule has 0 fully saturated rings. The zero-order valence-electron chi connectivity index (χ0n) is 16.5. The van der Waals surface area contributed by atoms with Crippen molar-refractivity contribution < 1.29 is 18.0 Å². The van der Waals surface area contributed by atoms with Crippen molar-refractivity contribution in [1.29, 1.82) is 0 Å². The molecule has 1 aliphatic heterocycles. The van der Waals surface area contributed by atoms with Gasteiger partial charge < -0.3 is 10.2 Å². The molecule has 0 saturated carbocycles. The SMILES string of the molecule is CNS(=O)(=O)c1cc(NC(=O)C[C@H]2c3ccccc3C=CN2C(C)=O)ccc1C. The summed E-state index contributed by atoms with van der Waals surface area (Å²) in [6.07, 6.45) is 3.58. The van der Waals surface area contributed by atoms with Crippen LogP contribution in [0.1, 0.15) is 36.1 Å². The van der Waals surface area contributed by atoms with Crippen LogP contribution < -0.4 is 10.0 Å². The van der Waals surface area contributed by atoms with E-state index < -0.39 is 16.1 Å². The Morgan fingerprint density at radius 1 is 1.14 bits per heavy atom. The molecule has 8 heteroatoms. The molecule has 2 aromatic rings. The molecule has 0 unspecified atom stereocenters. The molecule has 29 heavy (non-hydrogen) atoms. The molecule has 152 valence electrons. The van der Waals surface area contributed by atoms with E-state index in [9.17, 15) is 18.0 Å². The quantitative estimate of drug-likeness (QED) is 0.788. The third kappa shape index (κ3) is 4.38. The first-order chi connectivity index (χ1) is 13.7. The van der Waals surface area contributed by atoms with E-state index >= 15 is 0 Å². The van der Waals surface area contributed by atoms with Gasteiger partial charge in [-0.05, 0) is 48.9 Å². The second-order valence-corrected chi connectivity index (χ2v) is 8.68. The molecule has 0 bridgehead atoms. The Morgan fingerprint density at radius 2 is 1.86 bits per heavy atom. The minimum Gasteiger partial charge on any atom is -0.326 e. The van der Waals surface area contributed by atoms with Gasteiger partial charge in [-0.25, -0.2) is 13.1 Å². The predicted molar refractivity (Wildman–Crippen MR) is 111 cm³/mol. The van der Waals surface area contributed by atoms with Crippen LogP contribution in [-0.2, 0) is 19.6 Å². The number of nitrogens with zero attached hydrogens (tertiary/aromatic N) is 1. The molecule has 1 atom stereocenters. The number of nitrogens with one attached hydrogen (secondary N) is 2. The lowest BCUT2D eigenvalue weighted by Crippen LogP contribution is -2.33. The van der Waals surface area contributed by atoms with Crippen molar-refractivity contribution in [1.82, 2.24) is 9.62 Å². The van der Waals surface area contributed by atoms with Crippen molar-refractivity contribution in [2.24, 2.45) is 0 Å². The number of hydrogen-bond acceptors (Lipinski definition) is 4. The van der Waals surface area contributed by atoms with Crippen LogP contribution in [-0.4, -0.2) is 32.2 Å². The van der Waals surface area contributed by atoms with Gasteiger partial charge in [0.2, 0.25) is 21.8 Å². The number of aryl methyl sites for hydroxylation is 1. The van der Waals surface area contributed by atoms with E-state index in [4.69, 9.17) is 0 Å². The van der Waals surface area contributed by atoms with Crippen molar-refractivity contribution in [3.05, 3.63) is 65.4 Å². The standard InChI is InChI=1S/C21H23N3O4S/c1-14-8-9-17(12-20(14)29(27,28)22-3)23-21(26)13-19-18-7-5-4-6-16(18)10-11-24(19)15(2)25/h4-12,19,22H,13H2,1-3H3,(H,23,26)/t19-/m0/s1. The number of carbonyl (C=O) groups excluding carboxylic acids is 2. The summed E-state index contributed by atoms with van der Waals surface area (Å²) < 4.78 is 26.6. The fraction of sp³-hybridized carbons (Fsp3) is 0.238. The van der Waals surface area contributed by atoms with Crippen molar-refractivity contribution in [3.8, 4) is 0 Å². The third-order valence-electron chi connectivity index (χ3n) is 4.88. The first-order valence-electron chi connectivity index (χ1n) is 9.13. The molecule has 2 aromatic carbocycles. The molecule has 3 rings (SSSR count). The lowest BCUT2D eigenvalue weighted by atomic mass is 9.93. The molecular weight excluding hydrogens is 390 g/mol. The van der Waals surface area contributed by atoms with E-state index in [1.165, 1.54) is 24.9 Å². The number of rotatable bonds is 5. The van der Waals surface area contributed by atoms with Crippen molar-refractivity contribution in [2.75, 3.05) is 12.4 Å². The van der Waals surface area contributed by atoms with E-state index in [1.54, 1.807) is 25.3 Å². The molecule has 7 nitrogen and oxygen atoms in total. The average Bonchev–Trinajstić information content (AvgIpc) is 2.69. The smallest absolute Gasteiger partial charge is 0.240 e. The van der Waals surface area contributed by atoms with Crippen LogP contribution in [0.3, 0.4) is 0 Å². The number of amides is 2. The largest absolute Gasteiger partial charge is 0.326 e. The second kappa shape index (κ2) is 8.18. The highest BCUT2D eigenvalue weighted by molar-refractivity contribution is 7.89. The van der Waals surface area contributed by atoms with Gasteiger partial charge in [-0.15, -0.1) is 0 Å². The lowest BCUT2D eigenvalue weighted by molar-refractivity contribution is -0.129. The van der Waals surface area contributed by atoms with Gasteiger partial charge in [0.25, 0.3) is 0 Å². The van der Waals surface area contributed by atoms with Crippen LogP contribution in [0.2, 0.25) is 0 Å². The highest BCUT2D eigenvalue weighted by Gasteiger charge is 2.28. The fourth-order valence-corrected chi connectivity index (χ4v) is 4.37. The molecule has 0 aromatic heterocycles. The van der Waals surface area contributed by atoms with Crippen LogP contribution in [0.5, 0.6) is 0 Å². The highest BCUT2D eigenvalue weighted by atomic mass is 32.2. The summed E-state index contributed by atoms with van der Waals surface area (Å²) in [6.45, 7) is 3.14. The van der Waals surface area contributed by atoms with Gasteiger partial charge in [0.05, 0.1) is 17.4 Å². The number of sulfonamides is 1. The van der Waals surface area contributed by atoms with E-state index in [0.717, 1.165) is 11.1 Å². The second-order valence-electron chi connectivity index (χ2n) is 6.83. The topological polar surface area (TPSA) is 95.6 Å². The monoisotopic (exact) mass is 413 g/mol. The number of benzene rings is 2. The zero-order chi connectivity index (χ0) is 21.2. The van der Waals surface area contributed by atoms with E-state index in [0.29, 0.717) is 11.3 Å². The zero-order valence-corrected chi connectivity index (χ0v) is 17.3. The molecule has 2 amide bonds. The van der Waals surface area contributed by atoms with Gasteiger partial charge >= 0.3 is 0 Å². The van der Waals surface area contributed by atoms with Gasteiger partial charge in [-0.1, -0.05) is 30.3 Å². The summed E-state index contributed by atoms with van der Waals surface area (Å²) in [5.74, 6) is -0.477. The van der Waals surface area contributed by atoms with Gasteiger partial charge in [-0.2, -0.15) is 0 Å². The van der Waals surface area contributed by atoms with Gasteiger partial charge in [-0.3, -0.25) is 9.59 Å². The number of anilines is 1. The summed E-state index contributed by atoms with van der Waals surface area (Å²) in [4.78, 5) is 26.4. The minimum atomic E-state index is -3.64. The van der Waals surface area contributed by atoms with Crippen LogP contribution in [0.25, 0.3) is 6.08 Å². The molecule has 1 aliphatic rings. The predicted octanol–water partition coefficient (Wildman–Crippen LogP) is 2.81. The molecule has 0 spiro atoms.